The molecule has 2 saturated heterocycles. The van der Waals surface area contributed by atoms with Gasteiger partial charge in [0.2, 0.25) is 0 Å². The molecule has 2 aliphatic rings. The first-order valence-corrected chi connectivity index (χ1v) is 5.91. The normalized spacial score (nSPS) is 35.4. The lowest BCUT2D eigenvalue weighted by atomic mass is 9.87. The molecule has 2 heterocycles. The molecular formula is C12H23NO. The Kier molecular flexibility index (Phi) is 2.61. The minimum atomic E-state index is 0.228. The molecule has 0 N–H and O–H groups in total. The van der Waals surface area contributed by atoms with Gasteiger partial charge in [0.05, 0.1) is 5.60 Å². The van der Waals surface area contributed by atoms with Crippen LogP contribution in [0.25, 0.3) is 0 Å². The van der Waals surface area contributed by atoms with Gasteiger partial charge in [0.25, 0.3) is 0 Å². The Labute approximate surface area is 87.6 Å². The zero-order valence-corrected chi connectivity index (χ0v) is 9.81. The van der Waals surface area contributed by atoms with Crippen LogP contribution in [0.3, 0.4) is 0 Å². The Bertz CT molecular complexity index is 201. The average Bonchev–Trinajstić information content (AvgIpc) is 2.52. The third-order valence-corrected chi connectivity index (χ3v) is 3.67. The molecule has 82 valence electrons. The Hall–Kier alpha value is -0.0800. The van der Waals surface area contributed by atoms with E-state index in [0.717, 1.165) is 13.2 Å². The fourth-order valence-electron chi connectivity index (χ4n) is 2.75. The Balaban J connectivity index is 2.03. The lowest BCUT2D eigenvalue weighted by molar-refractivity contribution is -0.0724. The van der Waals surface area contributed by atoms with E-state index >= 15 is 0 Å². The van der Waals surface area contributed by atoms with E-state index in [-0.39, 0.29) is 5.60 Å². The number of hydrogen-bond donors (Lipinski definition) is 0. The van der Waals surface area contributed by atoms with E-state index in [4.69, 9.17) is 4.74 Å². The van der Waals surface area contributed by atoms with Crippen molar-refractivity contribution in [2.45, 2.75) is 57.6 Å². The van der Waals surface area contributed by atoms with Crippen molar-refractivity contribution in [3.63, 3.8) is 0 Å². The highest BCUT2D eigenvalue weighted by molar-refractivity contribution is 4.95. The van der Waals surface area contributed by atoms with Crippen LogP contribution in [0.5, 0.6) is 0 Å². The van der Waals surface area contributed by atoms with Crippen LogP contribution in [0.2, 0.25) is 0 Å². The van der Waals surface area contributed by atoms with Gasteiger partial charge in [0, 0.05) is 18.7 Å². The maximum atomic E-state index is 5.97. The largest absolute Gasteiger partial charge is 0.374 e. The number of rotatable bonds is 0. The summed E-state index contributed by atoms with van der Waals surface area (Å²) in [6.07, 6.45) is 5.12. The molecular weight excluding hydrogens is 174 g/mol. The third-order valence-electron chi connectivity index (χ3n) is 3.67. The van der Waals surface area contributed by atoms with Gasteiger partial charge in [0.15, 0.2) is 0 Å². The summed E-state index contributed by atoms with van der Waals surface area (Å²) in [6, 6.07) is 0. The van der Waals surface area contributed by atoms with Crippen molar-refractivity contribution in [3.8, 4) is 0 Å². The minimum absolute atomic E-state index is 0.228. The SMILES string of the molecule is CC(C)(C)N1CCC[C@]2(CCCO2)C1. The fourth-order valence-corrected chi connectivity index (χ4v) is 2.75. The van der Waals surface area contributed by atoms with Gasteiger partial charge in [-0.15, -0.1) is 0 Å². The minimum Gasteiger partial charge on any atom is -0.374 e. The van der Waals surface area contributed by atoms with E-state index in [1.165, 1.54) is 32.2 Å². The number of hydrogen-bond acceptors (Lipinski definition) is 2. The summed E-state index contributed by atoms with van der Waals surface area (Å²) in [6.45, 7) is 10.3. The zero-order chi connectivity index (χ0) is 10.2. The van der Waals surface area contributed by atoms with Crippen LogP contribution in [0.15, 0.2) is 0 Å². The second-order valence-corrected chi connectivity index (χ2v) is 5.83. The van der Waals surface area contributed by atoms with Crippen molar-refractivity contribution in [1.29, 1.82) is 0 Å². The molecule has 0 radical (unpaired) electrons. The molecule has 0 aromatic rings. The van der Waals surface area contributed by atoms with Crippen LogP contribution >= 0.6 is 0 Å². The molecule has 2 fully saturated rings. The van der Waals surface area contributed by atoms with E-state index in [1.807, 2.05) is 0 Å². The molecule has 0 bridgehead atoms. The Morgan fingerprint density at radius 2 is 1.86 bits per heavy atom. The van der Waals surface area contributed by atoms with Gasteiger partial charge < -0.3 is 4.74 Å². The molecule has 2 heteroatoms. The van der Waals surface area contributed by atoms with Gasteiger partial charge in [-0.3, -0.25) is 4.90 Å². The summed E-state index contributed by atoms with van der Waals surface area (Å²) in [5, 5.41) is 0. The lowest BCUT2D eigenvalue weighted by Gasteiger charge is -2.46. The van der Waals surface area contributed by atoms with Gasteiger partial charge in [-0.05, 0) is 53.0 Å². The molecule has 1 spiro atoms. The summed E-state index contributed by atoms with van der Waals surface area (Å²) in [5.41, 5.74) is 0.533. The average molecular weight is 197 g/mol. The highest BCUT2D eigenvalue weighted by Gasteiger charge is 2.41. The van der Waals surface area contributed by atoms with Crippen LogP contribution in [-0.2, 0) is 4.74 Å². The van der Waals surface area contributed by atoms with Crippen LogP contribution in [0.1, 0.15) is 46.5 Å². The van der Waals surface area contributed by atoms with Crippen LogP contribution in [0, 0.1) is 0 Å². The first-order valence-electron chi connectivity index (χ1n) is 5.91. The van der Waals surface area contributed by atoms with Gasteiger partial charge in [0.1, 0.15) is 0 Å². The zero-order valence-electron chi connectivity index (χ0n) is 9.81. The summed E-state index contributed by atoms with van der Waals surface area (Å²) in [7, 11) is 0. The Morgan fingerprint density at radius 1 is 1.14 bits per heavy atom. The topological polar surface area (TPSA) is 12.5 Å². The standard InChI is InChI=1S/C12H23NO/c1-11(2,3)13-8-4-6-12(10-13)7-5-9-14-12/h4-10H2,1-3H3/t12-/m0/s1. The van der Waals surface area contributed by atoms with Crippen LogP contribution in [0.4, 0.5) is 0 Å². The summed E-state index contributed by atoms with van der Waals surface area (Å²) >= 11 is 0. The van der Waals surface area contributed by atoms with Crippen molar-refractivity contribution in [2.24, 2.45) is 0 Å². The second-order valence-electron chi connectivity index (χ2n) is 5.83. The van der Waals surface area contributed by atoms with Gasteiger partial charge in [-0.25, -0.2) is 0 Å². The highest BCUT2D eigenvalue weighted by Crippen LogP contribution is 2.36. The molecule has 0 unspecified atom stereocenters. The van der Waals surface area contributed by atoms with Gasteiger partial charge >= 0.3 is 0 Å². The van der Waals surface area contributed by atoms with Crippen molar-refractivity contribution < 1.29 is 4.74 Å². The molecule has 0 aromatic heterocycles. The number of likely N-dealkylation sites (tertiary alicyclic amines) is 1. The highest BCUT2D eigenvalue weighted by atomic mass is 16.5. The van der Waals surface area contributed by atoms with E-state index < -0.39 is 0 Å². The second kappa shape index (κ2) is 3.49. The summed E-state index contributed by atoms with van der Waals surface area (Å²) in [4.78, 5) is 2.59. The maximum Gasteiger partial charge on any atom is 0.0810 e. The molecule has 0 aromatic carbocycles. The Morgan fingerprint density at radius 3 is 2.43 bits per heavy atom. The smallest absolute Gasteiger partial charge is 0.0810 e. The first-order chi connectivity index (χ1) is 6.52. The lowest BCUT2D eigenvalue weighted by Crippen LogP contribution is -2.54. The quantitative estimate of drug-likeness (QED) is 0.591. The molecule has 2 nitrogen and oxygen atoms in total. The fraction of sp³-hybridized carbons (Fsp3) is 1.00. The van der Waals surface area contributed by atoms with E-state index in [1.54, 1.807) is 0 Å². The van der Waals surface area contributed by atoms with Crippen molar-refractivity contribution in [3.05, 3.63) is 0 Å². The van der Waals surface area contributed by atoms with Crippen LogP contribution < -0.4 is 0 Å². The molecule has 1 atom stereocenters. The van der Waals surface area contributed by atoms with Crippen molar-refractivity contribution in [2.75, 3.05) is 19.7 Å². The number of nitrogens with zero attached hydrogens (tertiary/aromatic N) is 1. The summed E-state index contributed by atoms with van der Waals surface area (Å²) < 4.78 is 5.97. The van der Waals surface area contributed by atoms with E-state index in [0.29, 0.717) is 5.54 Å². The van der Waals surface area contributed by atoms with E-state index in [9.17, 15) is 0 Å². The molecule has 0 aliphatic carbocycles. The number of piperidine rings is 1. The van der Waals surface area contributed by atoms with Crippen molar-refractivity contribution >= 4 is 0 Å². The van der Waals surface area contributed by atoms with Gasteiger partial charge in [-0.1, -0.05) is 0 Å². The monoisotopic (exact) mass is 197 g/mol. The molecule has 14 heavy (non-hydrogen) atoms. The summed E-state index contributed by atoms with van der Waals surface area (Å²) in [5.74, 6) is 0. The van der Waals surface area contributed by atoms with E-state index in [2.05, 4.69) is 25.7 Å². The number of ether oxygens (including phenoxy) is 1. The predicted octanol–water partition coefficient (Wildman–Crippen LogP) is 2.43. The molecule has 0 saturated carbocycles. The first kappa shape index (κ1) is 10.4. The van der Waals surface area contributed by atoms with Gasteiger partial charge in [-0.2, -0.15) is 0 Å². The molecule has 2 rings (SSSR count). The van der Waals surface area contributed by atoms with Crippen LogP contribution in [-0.4, -0.2) is 35.7 Å². The maximum absolute atomic E-state index is 5.97. The third kappa shape index (κ3) is 1.96. The molecule has 0 amide bonds. The predicted molar refractivity (Wildman–Crippen MR) is 58.5 cm³/mol. The molecule has 2 aliphatic heterocycles. The van der Waals surface area contributed by atoms with Crippen molar-refractivity contribution in [1.82, 2.24) is 4.90 Å².